The first-order valence-corrected chi connectivity index (χ1v) is 13.0. The Morgan fingerprint density at radius 2 is 2.06 bits per heavy atom. The molecule has 184 valence electrons. The zero-order chi connectivity index (χ0) is 23.7. The number of aliphatic imine (C=N–C) groups is 1. The third-order valence-electron chi connectivity index (χ3n) is 8.02. The SMILES string of the molecule is CCC(CC(C(=O)NC)N1CCCC2CCCCC21)Oc1cccc2c1N=C1NC(=O)CN1C2. The molecule has 2 saturated heterocycles. The zero-order valence-corrected chi connectivity index (χ0v) is 20.4. The number of para-hydroxylation sites is 1. The number of carbonyl (C=O) groups is 2. The number of hydrogen-bond donors (Lipinski definition) is 2. The molecular formula is C26H37N5O3. The number of fused-ring (bicyclic) bond motifs is 3. The van der Waals surface area contributed by atoms with Gasteiger partial charge in [0.05, 0.1) is 6.04 Å². The molecule has 34 heavy (non-hydrogen) atoms. The summed E-state index contributed by atoms with van der Waals surface area (Å²) in [4.78, 5) is 34.1. The number of nitrogens with one attached hydrogen (secondary N) is 2. The zero-order valence-electron chi connectivity index (χ0n) is 20.4. The Labute approximate surface area is 202 Å². The highest BCUT2D eigenvalue weighted by Gasteiger charge is 2.40. The summed E-state index contributed by atoms with van der Waals surface area (Å²) in [5.74, 6) is 2.10. The van der Waals surface area contributed by atoms with Crippen LogP contribution in [0.4, 0.5) is 5.69 Å². The number of carbonyl (C=O) groups excluding carboxylic acids is 2. The van der Waals surface area contributed by atoms with E-state index in [0.29, 0.717) is 31.5 Å². The molecule has 3 heterocycles. The van der Waals surface area contributed by atoms with Gasteiger partial charge in [0.15, 0.2) is 0 Å². The fourth-order valence-electron chi connectivity index (χ4n) is 6.29. The highest BCUT2D eigenvalue weighted by molar-refractivity contribution is 6.06. The number of ether oxygens (including phenoxy) is 1. The van der Waals surface area contributed by atoms with E-state index in [1.807, 2.05) is 23.1 Å². The van der Waals surface area contributed by atoms with Crippen LogP contribution in [0.1, 0.15) is 63.9 Å². The Kier molecular flexibility index (Phi) is 6.77. The monoisotopic (exact) mass is 467 g/mol. The number of nitrogens with zero attached hydrogens (tertiary/aromatic N) is 3. The molecule has 0 spiro atoms. The van der Waals surface area contributed by atoms with Gasteiger partial charge in [-0.05, 0) is 50.6 Å². The van der Waals surface area contributed by atoms with Gasteiger partial charge < -0.3 is 15.0 Å². The Morgan fingerprint density at radius 1 is 1.24 bits per heavy atom. The van der Waals surface area contributed by atoms with Crippen molar-refractivity contribution in [1.82, 2.24) is 20.4 Å². The number of likely N-dealkylation sites (tertiary alicyclic amines) is 1. The molecule has 8 heteroatoms. The topological polar surface area (TPSA) is 86.3 Å². The highest BCUT2D eigenvalue weighted by atomic mass is 16.5. The lowest BCUT2D eigenvalue weighted by atomic mass is 9.77. The Bertz CT molecular complexity index is 962. The van der Waals surface area contributed by atoms with Gasteiger partial charge in [0.25, 0.3) is 0 Å². The Morgan fingerprint density at radius 3 is 2.88 bits per heavy atom. The van der Waals surface area contributed by atoms with Crippen molar-refractivity contribution in [2.24, 2.45) is 10.9 Å². The van der Waals surface area contributed by atoms with Crippen molar-refractivity contribution in [1.29, 1.82) is 0 Å². The summed E-state index contributed by atoms with van der Waals surface area (Å²) < 4.78 is 6.54. The standard InChI is InChI=1S/C26H37N5O3/c1-3-19(14-21(25(33)27-2)31-13-7-10-17-8-4-5-11-20(17)31)34-22-12-6-9-18-15-30-16-23(32)28-26(30)29-24(18)22/h6,9,12,17,19-21H,3-5,7-8,10-11,13-16H2,1-2H3,(H,27,33)(H,28,29,32). The number of benzene rings is 1. The maximum absolute atomic E-state index is 13.1. The van der Waals surface area contributed by atoms with Gasteiger partial charge in [-0.1, -0.05) is 31.9 Å². The molecule has 4 aliphatic rings. The molecular weight excluding hydrogens is 430 g/mol. The number of rotatable bonds is 7. The number of piperidine rings is 1. The minimum atomic E-state index is -0.184. The maximum atomic E-state index is 13.1. The molecule has 3 aliphatic heterocycles. The fraction of sp³-hybridized carbons (Fsp3) is 0.654. The maximum Gasteiger partial charge on any atom is 0.246 e. The Balaban J connectivity index is 1.36. The van der Waals surface area contributed by atoms with Crippen molar-refractivity contribution in [2.75, 3.05) is 20.1 Å². The minimum absolute atomic E-state index is 0.0311. The van der Waals surface area contributed by atoms with Crippen molar-refractivity contribution in [2.45, 2.75) is 83.0 Å². The predicted octanol–water partition coefficient (Wildman–Crippen LogP) is 2.94. The van der Waals surface area contributed by atoms with E-state index in [-0.39, 0.29) is 24.0 Å². The van der Waals surface area contributed by atoms with Gasteiger partial charge in [-0.15, -0.1) is 0 Å². The van der Waals surface area contributed by atoms with Crippen LogP contribution in [0.5, 0.6) is 5.75 Å². The number of hydrogen-bond acceptors (Lipinski definition) is 6. The number of guanidine groups is 1. The van der Waals surface area contributed by atoms with E-state index in [2.05, 4.69) is 22.5 Å². The van der Waals surface area contributed by atoms with Crippen LogP contribution in [-0.2, 0) is 16.1 Å². The van der Waals surface area contributed by atoms with Crippen molar-refractivity contribution < 1.29 is 14.3 Å². The van der Waals surface area contributed by atoms with Gasteiger partial charge in [-0.3, -0.25) is 19.8 Å². The molecule has 1 aromatic carbocycles. The first-order valence-electron chi connectivity index (χ1n) is 13.0. The molecule has 0 aromatic heterocycles. The molecule has 8 nitrogen and oxygen atoms in total. The van der Waals surface area contributed by atoms with E-state index in [1.54, 1.807) is 7.05 Å². The molecule has 4 unspecified atom stereocenters. The molecule has 2 N–H and O–H groups in total. The van der Waals surface area contributed by atoms with Crippen LogP contribution in [0, 0.1) is 5.92 Å². The summed E-state index contributed by atoms with van der Waals surface area (Å²) >= 11 is 0. The first-order chi connectivity index (χ1) is 16.6. The molecule has 1 aliphatic carbocycles. The van der Waals surface area contributed by atoms with E-state index < -0.39 is 0 Å². The number of likely N-dealkylation sites (N-methyl/N-ethyl adjacent to an activating group) is 1. The van der Waals surface area contributed by atoms with Crippen LogP contribution < -0.4 is 15.4 Å². The second-order valence-electron chi connectivity index (χ2n) is 10.1. The Hall–Kier alpha value is -2.61. The molecule has 3 fully saturated rings. The highest BCUT2D eigenvalue weighted by Crippen LogP contribution is 2.39. The lowest BCUT2D eigenvalue weighted by Gasteiger charge is -2.47. The van der Waals surface area contributed by atoms with E-state index in [4.69, 9.17) is 9.73 Å². The predicted molar refractivity (Wildman–Crippen MR) is 131 cm³/mol. The molecule has 0 radical (unpaired) electrons. The smallest absolute Gasteiger partial charge is 0.246 e. The van der Waals surface area contributed by atoms with Crippen molar-refractivity contribution >= 4 is 23.5 Å². The molecule has 4 atom stereocenters. The van der Waals surface area contributed by atoms with Gasteiger partial charge in [-0.25, -0.2) is 4.99 Å². The summed E-state index contributed by atoms with van der Waals surface area (Å²) in [7, 11) is 1.74. The average Bonchev–Trinajstić information content (AvgIpc) is 3.23. The second kappa shape index (κ2) is 9.94. The lowest BCUT2D eigenvalue weighted by Crippen LogP contribution is -2.57. The van der Waals surface area contributed by atoms with Crippen molar-refractivity contribution in [3.8, 4) is 5.75 Å². The largest absolute Gasteiger partial charge is 0.488 e. The van der Waals surface area contributed by atoms with Crippen LogP contribution in [0.2, 0.25) is 0 Å². The molecule has 0 bridgehead atoms. The summed E-state index contributed by atoms with van der Waals surface area (Å²) in [5.41, 5.74) is 1.84. The van der Waals surface area contributed by atoms with E-state index >= 15 is 0 Å². The van der Waals surface area contributed by atoms with Gasteiger partial charge in [0, 0.05) is 31.6 Å². The van der Waals surface area contributed by atoms with E-state index in [9.17, 15) is 9.59 Å². The first kappa shape index (κ1) is 23.1. The molecule has 1 aromatic rings. The summed E-state index contributed by atoms with van der Waals surface area (Å²) in [6.07, 6.45) is 8.88. The molecule has 5 rings (SSSR count). The quantitative estimate of drug-likeness (QED) is 0.644. The second-order valence-corrected chi connectivity index (χ2v) is 10.1. The van der Waals surface area contributed by atoms with E-state index in [0.717, 1.165) is 42.3 Å². The minimum Gasteiger partial charge on any atom is -0.488 e. The van der Waals surface area contributed by atoms with Crippen LogP contribution in [0.3, 0.4) is 0 Å². The summed E-state index contributed by atoms with van der Waals surface area (Å²) in [5, 5.41) is 5.76. The fourth-order valence-corrected chi connectivity index (χ4v) is 6.29. The van der Waals surface area contributed by atoms with Gasteiger partial charge >= 0.3 is 0 Å². The average molecular weight is 468 g/mol. The normalized spacial score (nSPS) is 25.9. The van der Waals surface area contributed by atoms with Crippen LogP contribution in [-0.4, -0.2) is 65.9 Å². The van der Waals surface area contributed by atoms with Crippen LogP contribution in [0.25, 0.3) is 0 Å². The third-order valence-corrected chi connectivity index (χ3v) is 8.02. The van der Waals surface area contributed by atoms with E-state index in [1.165, 1.54) is 32.1 Å². The third kappa shape index (κ3) is 4.52. The lowest BCUT2D eigenvalue weighted by molar-refractivity contribution is -0.130. The van der Waals surface area contributed by atoms with Crippen LogP contribution >= 0.6 is 0 Å². The van der Waals surface area contributed by atoms with Gasteiger partial charge in [0.1, 0.15) is 24.1 Å². The summed E-state index contributed by atoms with van der Waals surface area (Å²) in [6.45, 7) is 4.08. The van der Waals surface area contributed by atoms with Gasteiger partial charge in [0.2, 0.25) is 17.8 Å². The molecule has 2 amide bonds. The van der Waals surface area contributed by atoms with Crippen LogP contribution in [0.15, 0.2) is 23.2 Å². The van der Waals surface area contributed by atoms with Gasteiger partial charge in [-0.2, -0.15) is 0 Å². The summed E-state index contributed by atoms with van der Waals surface area (Å²) in [6, 6.07) is 6.30. The number of amides is 2. The van der Waals surface area contributed by atoms with Crippen molar-refractivity contribution in [3.05, 3.63) is 23.8 Å². The van der Waals surface area contributed by atoms with Crippen molar-refractivity contribution in [3.63, 3.8) is 0 Å². The molecule has 1 saturated carbocycles.